The predicted octanol–water partition coefficient (Wildman–Crippen LogP) is 3.51. The summed E-state index contributed by atoms with van der Waals surface area (Å²) in [5.74, 6) is 0. The number of nitrogens with one attached hydrogen (secondary N) is 2. The van der Waals surface area contributed by atoms with Crippen LogP contribution in [0.2, 0.25) is 0 Å². The van der Waals surface area contributed by atoms with Gasteiger partial charge in [0, 0.05) is 36.6 Å². The molecule has 0 aromatic heterocycles. The first-order valence-electron chi connectivity index (χ1n) is 6.53. The maximum absolute atomic E-state index is 10.5. The van der Waals surface area contributed by atoms with Crippen molar-refractivity contribution in [2.24, 2.45) is 0 Å². The summed E-state index contributed by atoms with van der Waals surface area (Å²) in [7, 11) is 0. The molecule has 2 rings (SSSR count). The lowest BCUT2D eigenvalue weighted by Gasteiger charge is -2.08. The van der Waals surface area contributed by atoms with Gasteiger partial charge in [-0.1, -0.05) is 18.2 Å². The lowest BCUT2D eigenvalue weighted by Crippen LogP contribution is -2.09. The standard InChI is InChI=1S/C15H17N3O2/c19-18(20)15-9-7-14(8-10-15)17-12-4-11-16-13-5-2-1-3-6-13/h1-3,5-10,16-17H,4,11-12H2. The van der Waals surface area contributed by atoms with E-state index in [1.165, 1.54) is 12.1 Å². The first-order valence-corrected chi connectivity index (χ1v) is 6.53. The third-order valence-corrected chi connectivity index (χ3v) is 2.86. The number of nitro benzene ring substituents is 1. The minimum atomic E-state index is -0.395. The first-order chi connectivity index (χ1) is 9.75. The Morgan fingerprint density at radius 3 is 1.95 bits per heavy atom. The van der Waals surface area contributed by atoms with Gasteiger partial charge in [-0.15, -0.1) is 0 Å². The molecule has 2 N–H and O–H groups in total. The van der Waals surface area contributed by atoms with E-state index in [2.05, 4.69) is 10.6 Å². The molecule has 5 nitrogen and oxygen atoms in total. The van der Waals surface area contributed by atoms with Gasteiger partial charge < -0.3 is 10.6 Å². The third kappa shape index (κ3) is 4.28. The molecule has 0 aliphatic carbocycles. The van der Waals surface area contributed by atoms with Crippen molar-refractivity contribution in [2.45, 2.75) is 6.42 Å². The second kappa shape index (κ2) is 7.13. The Morgan fingerprint density at radius 2 is 1.40 bits per heavy atom. The molecule has 104 valence electrons. The molecule has 0 radical (unpaired) electrons. The summed E-state index contributed by atoms with van der Waals surface area (Å²) in [5, 5.41) is 17.1. The molecule has 0 unspecified atom stereocenters. The lowest BCUT2D eigenvalue weighted by molar-refractivity contribution is -0.384. The topological polar surface area (TPSA) is 67.2 Å². The summed E-state index contributed by atoms with van der Waals surface area (Å²) in [6.45, 7) is 1.70. The van der Waals surface area contributed by atoms with Gasteiger partial charge in [0.1, 0.15) is 0 Å². The van der Waals surface area contributed by atoms with Crippen LogP contribution in [0.25, 0.3) is 0 Å². The zero-order valence-electron chi connectivity index (χ0n) is 11.1. The molecule has 0 saturated carbocycles. The van der Waals surface area contributed by atoms with Crippen molar-refractivity contribution in [1.82, 2.24) is 0 Å². The Bertz CT molecular complexity index is 541. The first kappa shape index (κ1) is 13.9. The Morgan fingerprint density at radius 1 is 0.850 bits per heavy atom. The van der Waals surface area contributed by atoms with Crippen molar-refractivity contribution in [2.75, 3.05) is 23.7 Å². The minimum Gasteiger partial charge on any atom is -0.385 e. The molecule has 0 aliphatic heterocycles. The van der Waals surface area contributed by atoms with Crippen molar-refractivity contribution in [3.8, 4) is 0 Å². The zero-order chi connectivity index (χ0) is 14.2. The average molecular weight is 271 g/mol. The van der Waals surface area contributed by atoms with E-state index >= 15 is 0 Å². The van der Waals surface area contributed by atoms with Crippen molar-refractivity contribution < 1.29 is 4.92 Å². The van der Waals surface area contributed by atoms with Crippen LogP contribution in [-0.2, 0) is 0 Å². The summed E-state index contributed by atoms with van der Waals surface area (Å²) in [6, 6.07) is 16.5. The molecule has 0 bridgehead atoms. The number of nitro groups is 1. The van der Waals surface area contributed by atoms with E-state index in [9.17, 15) is 10.1 Å². The van der Waals surface area contributed by atoms with Crippen LogP contribution in [0.15, 0.2) is 54.6 Å². The van der Waals surface area contributed by atoms with Crippen molar-refractivity contribution in [3.63, 3.8) is 0 Å². The molecule has 20 heavy (non-hydrogen) atoms. The van der Waals surface area contributed by atoms with Crippen LogP contribution in [0.5, 0.6) is 0 Å². The maximum atomic E-state index is 10.5. The van der Waals surface area contributed by atoms with Gasteiger partial charge in [-0.05, 0) is 30.7 Å². The van der Waals surface area contributed by atoms with Crippen molar-refractivity contribution in [3.05, 3.63) is 64.7 Å². The quantitative estimate of drug-likeness (QED) is 0.459. The van der Waals surface area contributed by atoms with Gasteiger partial charge in [-0.3, -0.25) is 10.1 Å². The minimum absolute atomic E-state index is 0.112. The number of rotatable bonds is 7. The number of para-hydroxylation sites is 1. The molecule has 0 atom stereocenters. The summed E-state index contributed by atoms with van der Waals surface area (Å²) >= 11 is 0. The Balaban J connectivity index is 1.67. The van der Waals surface area contributed by atoms with E-state index in [1.807, 2.05) is 30.3 Å². The van der Waals surface area contributed by atoms with Crippen LogP contribution in [0.4, 0.5) is 17.1 Å². The second-order valence-electron chi connectivity index (χ2n) is 4.38. The average Bonchev–Trinajstić information content (AvgIpc) is 2.48. The van der Waals surface area contributed by atoms with Crippen LogP contribution >= 0.6 is 0 Å². The molecule has 5 heteroatoms. The van der Waals surface area contributed by atoms with Crippen LogP contribution < -0.4 is 10.6 Å². The fourth-order valence-corrected chi connectivity index (χ4v) is 1.81. The number of hydrogen-bond acceptors (Lipinski definition) is 4. The highest BCUT2D eigenvalue weighted by molar-refractivity contribution is 5.48. The Hall–Kier alpha value is -2.56. The van der Waals surface area contributed by atoms with Gasteiger partial charge in [0.2, 0.25) is 0 Å². The van der Waals surface area contributed by atoms with Gasteiger partial charge in [0.25, 0.3) is 5.69 Å². The van der Waals surface area contributed by atoms with E-state index in [-0.39, 0.29) is 5.69 Å². The van der Waals surface area contributed by atoms with E-state index in [1.54, 1.807) is 12.1 Å². The second-order valence-corrected chi connectivity index (χ2v) is 4.38. The third-order valence-electron chi connectivity index (χ3n) is 2.86. The van der Waals surface area contributed by atoms with E-state index in [0.717, 1.165) is 30.9 Å². The molecule has 0 heterocycles. The van der Waals surface area contributed by atoms with Gasteiger partial charge in [-0.2, -0.15) is 0 Å². The Labute approximate surface area is 117 Å². The molecule has 0 amide bonds. The van der Waals surface area contributed by atoms with Crippen molar-refractivity contribution >= 4 is 17.1 Å². The molecule has 0 fully saturated rings. The molecule has 0 aliphatic rings. The number of anilines is 2. The van der Waals surface area contributed by atoms with Gasteiger partial charge in [0.15, 0.2) is 0 Å². The predicted molar refractivity (Wildman–Crippen MR) is 81.1 cm³/mol. The summed E-state index contributed by atoms with van der Waals surface area (Å²) < 4.78 is 0. The number of benzene rings is 2. The molecule has 2 aromatic rings. The monoisotopic (exact) mass is 271 g/mol. The van der Waals surface area contributed by atoms with Gasteiger partial charge >= 0.3 is 0 Å². The van der Waals surface area contributed by atoms with Crippen LogP contribution in [0, 0.1) is 10.1 Å². The van der Waals surface area contributed by atoms with Crippen LogP contribution in [-0.4, -0.2) is 18.0 Å². The summed E-state index contributed by atoms with van der Waals surface area (Å²) in [5.41, 5.74) is 2.12. The maximum Gasteiger partial charge on any atom is 0.269 e. The van der Waals surface area contributed by atoms with E-state index in [4.69, 9.17) is 0 Å². The molecular formula is C15H17N3O2. The number of non-ortho nitro benzene ring substituents is 1. The van der Waals surface area contributed by atoms with Crippen LogP contribution in [0.1, 0.15) is 6.42 Å². The highest BCUT2D eigenvalue weighted by Crippen LogP contribution is 2.15. The molecule has 2 aromatic carbocycles. The molecular weight excluding hydrogens is 254 g/mol. The Kier molecular flexibility index (Phi) is 4.94. The fourth-order valence-electron chi connectivity index (χ4n) is 1.81. The fraction of sp³-hybridized carbons (Fsp3) is 0.200. The lowest BCUT2D eigenvalue weighted by atomic mass is 10.2. The van der Waals surface area contributed by atoms with Crippen molar-refractivity contribution in [1.29, 1.82) is 0 Å². The van der Waals surface area contributed by atoms with E-state index < -0.39 is 4.92 Å². The van der Waals surface area contributed by atoms with E-state index in [0.29, 0.717) is 0 Å². The number of hydrogen-bond donors (Lipinski definition) is 2. The molecule has 0 saturated heterocycles. The normalized spacial score (nSPS) is 10.0. The smallest absolute Gasteiger partial charge is 0.269 e. The summed E-state index contributed by atoms with van der Waals surface area (Å²) in [6.07, 6.45) is 0.964. The zero-order valence-corrected chi connectivity index (χ0v) is 11.1. The molecule has 0 spiro atoms. The van der Waals surface area contributed by atoms with Gasteiger partial charge in [-0.25, -0.2) is 0 Å². The van der Waals surface area contributed by atoms with Gasteiger partial charge in [0.05, 0.1) is 4.92 Å². The SMILES string of the molecule is O=[N+]([O-])c1ccc(NCCCNc2ccccc2)cc1. The highest BCUT2D eigenvalue weighted by Gasteiger charge is 2.02. The highest BCUT2D eigenvalue weighted by atomic mass is 16.6. The number of nitrogens with zero attached hydrogens (tertiary/aromatic N) is 1. The summed E-state index contributed by atoms with van der Waals surface area (Å²) in [4.78, 5) is 10.1. The largest absolute Gasteiger partial charge is 0.385 e. The van der Waals surface area contributed by atoms with Crippen LogP contribution in [0.3, 0.4) is 0 Å².